The average molecular weight is 691 g/mol. The minimum absolute atomic E-state index is 0.0496. The minimum atomic E-state index is -0.135. The number of carbonyl (C=O) groups is 3. The lowest BCUT2D eigenvalue weighted by Crippen LogP contribution is -2.33. The highest BCUT2D eigenvalue weighted by atomic mass is 16.5. The monoisotopic (exact) mass is 691 g/mol. The summed E-state index contributed by atoms with van der Waals surface area (Å²) in [6.07, 6.45) is 33.0. The van der Waals surface area contributed by atoms with Gasteiger partial charge in [0, 0.05) is 25.9 Å². The molecule has 1 fully saturated rings. The van der Waals surface area contributed by atoms with E-state index in [4.69, 9.17) is 14.2 Å². The molecule has 0 spiro atoms. The normalized spacial score (nSPS) is 13.2. The van der Waals surface area contributed by atoms with Gasteiger partial charge in [0.2, 0.25) is 0 Å². The van der Waals surface area contributed by atoms with E-state index in [1.54, 1.807) is 0 Å². The molecule has 8 nitrogen and oxygen atoms in total. The van der Waals surface area contributed by atoms with Gasteiger partial charge in [0.25, 0.3) is 0 Å². The minimum Gasteiger partial charge on any atom is -0.461 e. The standard InChI is InChI=1S/C41H74N2O6/c1-4-6-8-10-12-20-26-34-47-39(44)30-24-18-14-16-22-28-38(49-41(46)36-42(3)37-43-32-33-43)29-23-17-15-19-25-31-40(45)48-35-27-21-13-11-9-7-5-2/h20-21,26-27,38H,4-19,22-25,28-37H2,1-3H3/b26-20-,27-21-. The summed E-state index contributed by atoms with van der Waals surface area (Å²) < 4.78 is 16.6. The highest BCUT2D eigenvalue weighted by Crippen LogP contribution is 2.18. The summed E-state index contributed by atoms with van der Waals surface area (Å²) in [4.78, 5) is 41.0. The summed E-state index contributed by atoms with van der Waals surface area (Å²) >= 11 is 0. The van der Waals surface area contributed by atoms with Crippen molar-refractivity contribution < 1.29 is 28.6 Å². The first-order valence-corrected chi connectivity index (χ1v) is 20.2. The summed E-state index contributed by atoms with van der Waals surface area (Å²) in [7, 11) is 1.97. The fourth-order valence-corrected chi connectivity index (χ4v) is 5.83. The smallest absolute Gasteiger partial charge is 0.320 e. The largest absolute Gasteiger partial charge is 0.461 e. The molecule has 0 saturated carbocycles. The number of hydrogen-bond donors (Lipinski definition) is 0. The number of esters is 3. The summed E-state index contributed by atoms with van der Waals surface area (Å²) in [5.74, 6) is -0.353. The Kier molecular flexibility index (Phi) is 30.2. The first-order valence-electron chi connectivity index (χ1n) is 20.2. The SMILES string of the molecule is CCCCCC/C=C\COC(=O)CCCCCCCC(CCCCCCCC(=O)OC/C=C\CCCCCC)OC(=O)CN(C)CN1CC1. The predicted molar refractivity (Wildman–Crippen MR) is 201 cm³/mol. The summed E-state index contributed by atoms with van der Waals surface area (Å²) in [5.41, 5.74) is 0. The third-order valence-electron chi connectivity index (χ3n) is 8.96. The molecule has 1 aliphatic rings. The van der Waals surface area contributed by atoms with Crippen LogP contribution in [0.3, 0.4) is 0 Å². The quantitative estimate of drug-likeness (QED) is 0.0214. The van der Waals surface area contributed by atoms with Crippen molar-refractivity contribution in [3.63, 3.8) is 0 Å². The molecule has 0 N–H and O–H groups in total. The molecule has 1 aliphatic heterocycles. The second-order valence-electron chi connectivity index (χ2n) is 14.0. The van der Waals surface area contributed by atoms with Crippen LogP contribution in [0.1, 0.15) is 168 Å². The van der Waals surface area contributed by atoms with Crippen molar-refractivity contribution in [1.29, 1.82) is 0 Å². The van der Waals surface area contributed by atoms with E-state index in [1.807, 2.05) is 24.1 Å². The number of carbonyl (C=O) groups excluding carboxylic acids is 3. The van der Waals surface area contributed by atoms with E-state index in [1.165, 1.54) is 51.4 Å². The van der Waals surface area contributed by atoms with Crippen molar-refractivity contribution in [2.75, 3.05) is 46.6 Å². The van der Waals surface area contributed by atoms with Gasteiger partial charge in [0.15, 0.2) is 0 Å². The second-order valence-corrected chi connectivity index (χ2v) is 14.0. The van der Waals surface area contributed by atoms with Crippen molar-refractivity contribution in [2.24, 2.45) is 0 Å². The Bertz CT molecular complexity index is 820. The van der Waals surface area contributed by atoms with Gasteiger partial charge in [-0.15, -0.1) is 0 Å². The van der Waals surface area contributed by atoms with Crippen LogP contribution in [0, 0.1) is 0 Å². The van der Waals surface area contributed by atoms with E-state index < -0.39 is 0 Å². The van der Waals surface area contributed by atoms with Crippen molar-refractivity contribution in [3.05, 3.63) is 24.3 Å². The van der Waals surface area contributed by atoms with Crippen LogP contribution < -0.4 is 0 Å². The Hall–Kier alpha value is -2.19. The lowest BCUT2D eigenvalue weighted by molar-refractivity contribution is -0.151. The van der Waals surface area contributed by atoms with Crippen molar-refractivity contribution in [2.45, 2.75) is 174 Å². The van der Waals surface area contributed by atoms with E-state index in [0.29, 0.717) is 32.6 Å². The van der Waals surface area contributed by atoms with Crippen LogP contribution in [0.15, 0.2) is 24.3 Å². The van der Waals surface area contributed by atoms with E-state index in [2.05, 4.69) is 30.9 Å². The van der Waals surface area contributed by atoms with E-state index in [0.717, 1.165) is 110 Å². The Morgan fingerprint density at radius 2 is 1.04 bits per heavy atom. The molecule has 0 aromatic heterocycles. The van der Waals surface area contributed by atoms with Gasteiger partial charge >= 0.3 is 17.9 Å². The van der Waals surface area contributed by atoms with E-state index in [9.17, 15) is 14.4 Å². The zero-order valence-electron chi connectivity index (χ0n) is 31.9. The molecule has 0 bridgehead atoms. The van der Waals surface area contributed by atoms with Crippen molar-refractivity contribution in [1.82, 2.24) is 9.80 Å². The molecule has 284 valence electrons. The topological polar surface area (TPSA) is 85.2 Å². The molecule has 0 amide bonds. The fraction of sp³-hybridized carbons (Fsp3) is 0.829. The number of rotatable bonds is 35. The van der Waals surface area contributed by atoms with Crippen LogP contribution in [0.2, 0.25) is 0 Å². The van der Waals surface area contributed by atoms with Crippen LogP contribution >= 0.6 is 0 Å². The Balaban J connectivity index is 2.18. The molecular formula is C41H74N2O6. The first kappa shape index (κ1) is 44.8. The molecule has 0 aliphatic carbocycles. The number of hydrogen-bond acceptors (Lipinski definition) is 8. The Morgan fingerprint density at radius 1 is 0.592 bits per heavy atom. The molecule has 1 saturated heterocycles. The lowest BCUT2D eigenvalue weighted by Gasteiger charge is -2.21. The third-order valence-corrected chi connectivity index (χ3v) is 8.96. The molecular weight excluding hydrogens is 616 g/mol. The lowest BCUT2D eigenvalue weighted by atomic mass is 10.0. The number of allylic oxidation sites excluding steroid dienone is 2. The highest BCUT2D eigenvalue weighted by molar-refractivity contribution is 5.71. The number of likely N-dealkylation sites (N-methyl/N-ethyl adjacent to an activating group) is 1. The molecule has 1 rings (SSSR count). The maximum absolute atomic E-state index is 12.7. The third kappa shape index (κ3) is 31.5. The predicted octanol–water partition coefficient (Wildman–Crippen LogP) is 9.70. The molecule has 49 heavy (non-hydrogen) atoms. The van der Waals surface area contributed by atoms with Crippen LogP contribution in [-0.4, -0.2) is 80.4 Å². The fourth-order valence-electron chi connectivity index (χ4n) is 5.83. The number of ether oxygens (including phenoxy) is 3. The molecule has 1 heterocycles. The van der Waals surface area contributed by atoms with E-state index in [-0.39, 0.29) is 24.0 Å². The van der Waals surface area contributed by atoms with Crippen molar-refractivity contribution in [3.8, 4) is 0 Å². The van der Waals surface area contributed by atoms with Crippen molar-refractivity contribution >= 4 is 17.9 Å². The van der Waals surface area contributed by atoms with Gasteiger partial charge in [-0.1, -0.05) is 115 Å². The molecule has 8 heteroatoms. The van der Waals surface area contributed by atoms with Crippen LogP contribution in [0.4, 0.5) is 0 Å². The zero-order chi connectivity index (χ0) is 35.6. The maximum Gasteiger partial charge on any atom is 0.320 e. The molecule has 0 unspecified atom stereocenters. The summed E-state index contributed by atoms with van der Waals surface area (Å²) in [6, 6.07) is 0. The van der Waals surface area contributed by atoms with Gasteiger partial charge in [-0.2, -0.15) is 0 Å². The van der Waals surface area contributed by atoms with Crippen LogP contribution in [0.5, 0.6) is 0 Å². The van der Waals surface area contributed by atoms with Gasteiger partial charge in [-0.05, 0) is 71.3 Å². The van der Waals surface area contributed by atoms with Gasteiger partial charge < -0.3 is 14.2 Å². The number of unbranched alkanes of at least 4 members (excludes halogenated alkanes) is 16. The maximum atomic E-state index is 12.7. The molecule has 0 aromatic carbocycles. The zero-order valence-corrected chi connectivity index (χ0v) is 31.9. The highest BCUT2D eigenvalue weighted by Gasteiger charge is 2.21. The molecule has 0 radical (unpaired) electrons. The Labute approximate surface area is 300 Å². The molecule has 0 aromatic rings. The van der Waals surface area contributed by atoms with Gasteiger partial charge in [-0.3, -0.25) is 24.2 Å². The summed E-state index contributed by atoms with van der Waals surface area (Å²) in [6.45, 7) is 8.54. The second kappa shape index (κ2) is 33.0. The van der Waals surface area contributed by atoms with Crippen LogP contribution in [0.25, 0.3) is 0 Å². The van der Waals surface area contributed by atoms with Gasteiger partial charge in [-0.25, -0.2) is 0 Å². The van der Waals surface area contributed by atoms with Gasteiger partial charge in [0.05, 0.1) is 13.2 Å². The first-order chi connectivity index (χ1) is 23.9. The summed E-state index contributed by atoms with van der Waals surface area (Å²) in [5, 5.41) is 0. The van der Waals surface area contributed by atoms with Crippen LogP contribution in [-0.2, 0) is 28.6 Å². The van der Waals surface area contributed by atoms with E-state index >= 15 is 0 Å². The molecule has 0 atom stereocenters. The van der Waals surface area contributed by atoms with Gasteiger partial charge in [0.1, 0.15) is 19.3 Å². The average Bonchev–Trinajstić information content (AvgIpc) is 3.89. The Morgan fingerprint density at radius 3 is 1.51 bits per heavy atom. The number of nitrogens with zero attached hydrogens (tertiary/aromatic N) is 2.